The van der Waals surface area contributed by atoms with Crippen LogP contribution in [0.1, 0.15) is 69.2 Å². The third kappa shape index (κ3) is 4.36. The summed E-state index contributed by atoms with van der Waals surface area (Å²) in [7, 11) is 0. The van der Waals surface area contributed by atoms with Gasteiger partial charge in [0, 0.05) is 29.4 Å². The second-order valence-corrected chi connectivity index (χ2v) is 8.55. The minimum atomic E-state index is -0.192. The van der Waals surface area contributed by atoms with E-state index < -0.39 is 0 Å². The van der Waals surface area contributed by atoms with Crippen LogP contribution >= 0.6 is 0 Å². The largest absolute Gasteiger partial charge is 0.348 e. The fourth-order valence-corrected chi connectivity index (χ4v) is 3.41. The number of carbonyl (C=O) groups is 1. The van der Waals surface area contributed by atoms with Gasteiger partial charge in [-0.1, -0.05) is 45.2 Å². The maximum Gasteiger partial charge on any atom is 0.271 e. The third-order valence-corrected chi connectivity index (χ3v) is 5.11. The van der Waals surface area contributed by atoms with Crippen LogP contribution in [0.2, 0.25) is 0 Å². The lowest BCUT2D eigenvalue weighted by atomic mass is 9.95. The van der Waals surface area contributed by atoms with Crippen LogP contribution in [0.3, 0.4) is 0 Å². The predicted octanol–water partition coefficient (Wildman–Crippen LogP) is 3.68. The molecule has 1 aliphatic carbocycles. The highest BCUT2D eigenvalue weighted by Crippen LogP contribution is 2.24. The molecule has 0 aliphatic heterocycles. The summed E-state index contributed by atoms with van der Waals surface area (Å²) in [6.45, 7) is 6.10. The lowest BCUT2D eigenvalue weighted by molar-refractivity contribution is 0.0923. The minimum Gasteiger partial charge on any atom is -0.348 e. The molecule has 0 spiro atoms. The highest BCUT2D eigenvalue weighted by Gasteiger charge is 2.22. The highest BCUT2D eigenvalue weighted by molar-refractivity contribution is 5.92. The van der Waals surface area contributed by atoms with Gasteiger partial charge in [0.2, 0.25) is 0 Å². The van der Waals surface area contributed by atoms with Gasteiger partial charge in [0.05, 0.1) is 0 Å². The summed E-state index contributed by atoms with van der Waals surface area (Å²) >= 11 is 0. The number of aromatic nitrogens is 5. The SMILES string of the molecule is CC(C)(C)c1noc(-c2ccnc(-n3cnc(C(=O)NC4CCCCC4)c3)c2)n1. The van der Waals surface area contributed by atoms with Crippen molar-refractivity contribution in [2.75, 3.05) is 0 Å². The zero-order valence-electron chi connectivity index (χ0n) is 17.1. The van der Waals surface area contributed by atoms with Gasteiger partial charge < -0.3 is 9.84 Å². The van der Waals surface area contributed by atoms with Gasteiger partial charge in [-0.3, -0.25) is 9.36 Å². The molecule has 3 heterocycles. The average molecular weight is 394 g/mol. The van der Waals surface area contributed by atoms with E-state index >= 15 is 0 Å². The van der Waals surface area contributed by atoms with E-state index in [1.807, 2.05) is 32.9 Å². The Hall–Kier alpha value is -3.03. The van der Waals surface area contributed by atoms with Crippen molar-refractivity contribution < 1.29 is 9.32 Å². The molecule has 1 amide bonds. The van der Waals surface area contributed by atoms with Crippen LogP contribution in [0, 0.1) is 0 Å². The monoisotopic (exact) mass is 394 g/mol. The summed E-state index contributed by atoms with van der Waals surface area (Å²) < 4.78 is 7.14. The Bertz CT molecular complexity index is 995. The summed E-state index contributed by atoms with van der Waals surface area (Å²) in [4.78, 5) is 25.6. The Morgan fingerprint density at radius 1 is 1.21 bits per heavy atom. The molecule has 0 bridgehead atoms. The smallest absolute Gasteiger partial charge is 0.271 e. The summed E-state index contributed by atoms with van der Waals surface area (Å²) in [5, 5.41) is 7.16. The van der Waals surface area contributed by atoms with Crippen LogP contribution in [-0.4, -0.2) is 36.6 Å². The molecule has 0 atom stereocenters. The number of pyridine rings is 1. The van der Waals surface area contributed by atoms with Gasteiger partial charge in [-0.25, -0.2) is 9.97 Å². The van der Waals surface area contributed by atoms with E-state index in [-0.39, 0.29) is 17.4 Å². The van der Waals surface area contributed by atoms with Gasteiger partial charge in [-0.05, 0) is 25.0 Å². The van der Waals surface area contributed by atoms with Gasteiger partial charge in [0.1, 0.15) is 17.8 Å². The van der Waals surface area contributed by atoms with Gasteiger partial charge in [0.15, 0.2) is 5.82 Å². The van der Waals surface area contributed by atoms with E-state index in [1.165, 1.54) is 19.3 Å². The van der Waals surface area contributed by atoms with E-state index in [4.69, 9.17) is 4.52 Å². The summed E-state index contributed by atoms with van der Waals surface area (Å²) in [6, 6.07) is 3.90. The number of nitrogens with zero attached hydrogens (tertiary/aromatic N) is 5. The Kier molecular flexibility index (Phi) is 5.17. The van der Waals surface area contributed by atoms with Crippen molar-refractivity contribution in [2.45, 2.75) is 64.3 Å². The summed E-state index contributed by atoms with van der Waals surface area (Å²) in [5.41, 5.74) is 0.957. The number of nitrogens with one attached hydrogen (secondary N) is 1. The fourth-order valence-electron chi connectivity index (χ4n) is 3.41. The number of carbonyl (C=O) groups excluding carboxylic acids is 1. The molecule has 8 heteroatoms. The van der Waals surface area contributed by atoms with Crippen LogP contribution in [0.15, 0.2) is 35.4 Å². The van der Waals surface area contributed by atoms with E-state index in [9.17, 15) is 4.79 Å². The zero-order valence-corrected chi connectivity index (χ0v) is 17.1. The first-order valence-corrected chi connectivity index (χ1v) is 10.1. The predicted molar refractivity (Wildman–Crippen MR) is 108 cm³/mol. The van der Waals surface area contributed by atoms with Crippen LogP contribution in [0.5, 0.6) is 0 Å². The van der Waals surface area contributed by atoms with Gasteiger partial charge in [0.25, 0.3) is 11.8 Å². The van der Waals surface area contributed by atoms with Gasteiger partial charge in [-0.2, -0.15) is 4.98 Å². The first kappa shape index (κ1) is 19.3. The molecule has 1 saturated carbocycles. The van der Waals surface area contributed by atoms with Crippen molar-refractivity contribution >= 4 is 5.91 Å². The number of hydrogen-bond acceptors (Lipinski definition) is 6. The Morgan fingerprint density at radius 2 is 2.00 bits per heavy atom. The molecule has 152 valence electrons. The number of rotatable bonds is 4. The van der Waals surface area contributed by atoms with Gasteiger partial charge in [-0.15, -0.1) is 0 Å². The number of imidazole rings is 1. The first-order valence-electron chi connectivity index (χ1n) is 10.1. The Balaban J connectivity index is 1.51. The Labute approximate surface area is 169 Å². The van der Waals surface area contributed by atoms with E-state index in [0.29, 0.717) is 23.2 Å². The van der Waals surface area contributed by atoms with Crippen molar-refractivity contribution in [1.29, 1.82) is 0 Å². The summed E-state index contributed by atoms with van der Waals surface area (Å²) in [5.74, 6) is 1.57. The maximum atomic E-state index is 12.5. The molecular formula is C21H26N6O2. The molecule has 4 rings (SSSR count). The molecule has 3 aromatic heterocycles. The van der Waals surface area contributed by atoms with Crippen LogP contribution in [0.4, 0.5) is 0 Å². The second-order valence-electron chi connectivity index (χ2n) is 8.55. The molecule has 1 fully saturated rings. The molecular weight excluding hydrogens is 368 g/mol. The van der Waals surface area contributed by atoms with Crippen LogP contribution in [-0.2, 0) is 5.41 Å². The van der Waals surface area contributed by atoms with Crippen molar-refractivity contribution in [3.63, 3.8) is 0 Å². The topological polar surface area (TPSA) is 98.7 Å². The molecule has 1 N–H and O–H groups in total. The molecule has 0 unspecified atom stereocenters. The second kappa shape index (κ2) is 7.77. The lowest BCUT2D eigenvalue weighted by Crippen LogP contribution is -2.36. The normalized spacial score (nSPS) is 15.4. The summed E-state index contributed by atoms with van der Waals surface area (Å²) in [6.07, 6.45) is 10.6. The fraction of sp³-hybridized carbons (Fsp3) is 0.476. The number of amides is 1. The van der Waals surface area contributed by atoms with Crippen molar-refractivity contribution in [3.05, 3.63) is 42.4 Å². The standard InChI is InChI=1S/C21H26N6O2/c1-21(2,3)20-25-19(29-26-20)14-9-10-22-17(11-14)27-12-16(23-13-27)18(28)24-15-7-5-4-6-8-15/h9-13,15H,4-8H2,1-3H3,(H,24,28). The number of hydrogen-bond donors (Lipinski definition) is 1. The third-order valence-electron chi connectivity index (χ3n) is 5.11. The highest BCUT2D eigenvalue weighted by atomic mass is 16.5. The molecule has 1 aliphatic rings. The molecule has 0 saturated heterocycles. The molecule has 8 nitrogen and oxygen atoms in total. The molecule has 3 aromatic rings. The Morgan fingerprint density at radius 3 is 2.72 bits per heavy atom. The van der Waals surface area contributed by atoms with Gasteiger partial charge >= 0.3 is 0 Å². The zero-order chi connectivity index (χ0) is 20.4. The molecule has 0 radical (unpaired) electrons. The van der Waals surface area contributed by atoms with Crippen molar-refractivity contribution in [3.8, 4) is 17.3 Å². The van der Waals surface area contributed by atoms with E-state index in [1.54, 1.807) is 23.3 Å². The van der Waals surface area contributed by atoms with E-state index in [0.717, 1.165) is 18.4 Å². The van der Waals surface area contributed by atoms with Crippen molar-refractivity contribution in [2.24, 2.45) is 0 Å². The van der Waals surface area contributed by atoms with Crippen LogP contribution in [0.25, 0.3) is 17.3 Å². The minimum absolute atomic E-state index is 0.140. The lowest BCUT2D eigenvalue weighted by Gasteiger charge is -2.22. The van der Waals surface area contributed by atoms with Crippen molar-refractivity contribution in [1.82, 2.24) is 30.0 Å². The first-order chi connectivity index (χ1) is 13.9. The molecule has 29 heavy (non-hydrogen) atoms. The quantitative estimate of drug-likeness (QED) is 0.725. The average Bonchev–Trinajstić information content (AvgIpc) is 3.39. The molecule has 0 aromatic carbocycles. The maximum absolute atomic E-state index is 12.5. The van der Waals surface area contributed by atoms with E-state index in [2.05, 4.69) is 25.4 Å². The van der Waals surface area contributed by atoms with Crippen LogP contribution < -0.4 is 5.32 Å².